The number of nitrogens with zero attached hydrogens (tertiary/aromatic N) is 3. The van der Waals surface area contributed by atoms with Gasteiger partial charge in [-0.05, 0) is 18.5 Å². The molecule has 7 nitrogen and oxygen atoms in total. The first-order chi connectivity index (χ1) is 10.1. The van der Waals surface area contributed by atoms with Gasteiger partial charge in [0, 0.05) is 17.0 Å². The summed E-state index contributed by atoms with van der Waals surface area (Å²) in [5, 5.41) is 17.0. The average Bonchev–Trinajstić information content (AvgIpc) is 3.19. The maximum atomic E-state index is 11.2. The number of aliphatic carboxylic acids is 1. The van der Waals surface area contributed by atoms with Gasteiger partial charge in [-0.2, -0.15) is 16.3 Å². The standard InChI is InChI=1S/C13H15N3O4S/c1-16(10-6-19-5-9(10)13(17)18)4-11-14-12(15-20-11)8-2-3-21-7-8/h2-3,7,9-10H,4-6H2,1H3,(H,17,18). The lowest BCUT2D eigenvalue weighted by molar-refractivity contribution is -0.143. The molecule has 3 heterocycles. The number of thiophene rings is 1. The van der Waals surface area contributed by atoms with Crippen molar-refractivity contribution in [3.8, 4) is 11.4 Å². The van der Waals surface area contributed by atoms with Gasteiger partial charge in [0.15, 0.2) is 0 Å². The summed E-state index contributed by atoms with van der Waals surface area (Å²) < 4.78 is 10.5. The summed E-state index contributed by atoms with van der Waals surface area (Å²) >= 11 is 1.57. The molecular formula is C13H15N3O4S. The smallest absolute Gasteiger partial charge is 0.310 e. The van der Waals surface area contributed by atoms with Crippen LogP contribution in [0.1, 0.15) is 5.89 Å². The second kappa shape index (κ2) is 5.92. The second-order valence-electron chi connectivity index (χ2n) is 4.99. The third-order valence-corrected chi connectivity index (χ3v) is 4.25. The number of aromatic nitrogens is 2. The first kappa shape index (κ1) is 14.2. The van der Waals surface area contributed by atoms with Crippen LogP contribution in [0.3, 0.4) is 0 Å². The van der Waals surface area contributed by atoms with Crippen molar-refractivity contribution in [2.75, 3.05) is 20.3 Å². The van der Waals surface area contributed by atoms with Crippen molar-refractivity contribution in [1.29, 1.82) is 0 Å². The normalized spacial score (nSPS) is 22.0. The number of likely N-dealkylation sites (N-methyl/N-ethyl adjacent to an activating group) is 1. The SMILES string of the molecule is CN(Cc1nc(-c2ccsc2)no1)C1COCC1C(=O)O. The Morgan fingerprint density at radius 1 is 1.57 bits per heavy atom. The Balaban J connectivity index is 1.67. The van der Waals surface area contributed by atoms with E-state index >= 15 is 0 Å². The quantitative estimate of drug-likeness (QED) is 0.891. The first-order valence-electron chi connectivity index (χ1n) is 6.51. The summed E-state index contributed by atoms with van der Waals surface area (Å²) in [6, 6.07) is 1.74. The zero-order valence-corrected chi connectivity index (χ0v) is 12.2. The van der Waals surface area contributed by atoms with Crippen LogP contribution < -0.4 is 0 Å². The van der Waals surface area contributed by atoms with Crippen LogP contribution in [-0.2, 0) is 16.1 Å². The Kier molecular flexibility index (Phi) is 4.00. The maximum Gasteiger partial charge on any atom is 0.310 e. The van der Waals surface area contributed by atoms with Gasteiger partial charge in [-0.15, -0.1) is 0 Å². The summed E-state index contributed by atoms with van der Waals surface area (Å²) in [6.07, 6.45) is 0. The molecule has 1 aliphatic heterocycles. The van der Waals surface area contributed by atoms with E-state index in [4.69, 9.17) is 9.26 Å². The summed E-state index contributed by atoms with van der Waals surface area (Å²) in [6.45, 7) is 1.04. The minimum absolute atomic E-state index is 0.181. The minimum atomic E-state index is -0.839. The Morgan fingerprint density at radius 3 is 3.14 bits per heavy atom. The molecule has 2 atom stereocenters. The number of rotatable bonds is 5. The fraction of sp³-hybridized carbons (Fsp3) is 0.462. The lowest BCUT2D eigenvalue weighted by Crippen LogP contribution is -2.40. The molecule has 0 amide bonds. The van der Waals surface area contributed by atoms with Crippen molar-refractivity contribution >= 4 is 17.3 Å². The molecule has 3 rings (SSSR count). The molecule has 0 spiro atoms. The first-order valence-corrected chi connectivity index (χ1v) is 7.45. The van der Waals surface area contributed by atoms with Crippen LogP contribution in [-0.4, -0.2) is 52.4 Å². The van der Waals surface area contributed by atoms with Crippen LogP contribution in [0.15, 0.2) is 21.3 Å². The number of carboxylic acid groups (broad SMARTS) is 1. The van der Waals surface area contributed by atoms with Crippen molar-refractivity contribution in [3.63, 3.8) is 0 Å². The predicted octanol–water partition coefficient (Wildman–Crippen LogP) is 1.33. The zero-order chi connectivity index (χ0) is 14.8. The minimum Gasteiger partial charge on any atom is -0.481 e. The fourth-order valence-electron chi connectivity index (χ4n) is 2.37. The third-order valence-electron chi connectivity index (χ3n) is 3.57. The van der Waals surface area contributed by atoms with Gasteiger partial charge < -0.3 is 14.4 Å². The molecule has 2 aromatic rings. The van der Waals surface area contributed by atoms with Gasteiger partial charge in [-0.25, -0.2) is 0 Å². The number of hydrogen-bond acceptors (Lipinski definition) is 7. The number of carboxylic acids is 1. The summed E-state index contributed by atoms with van der Waals surface area (Å²) in [7, 11) is 1.84. The Bertz CT molecular complexity index is 613. The predicted molar refractivity (Wildman–Crippen MR) is 74.8 cm³/mol. The molecule has 1 N–H and O–H groups in total. The van der Waals surface area contributed by atoms with Gasteiger partial charge in [0.2, 0.25) is 11.7 Å². The second-order valence-corrected chi connectivity index (χ2v) is 5.77. The van der Waals surface area contributed by atoms with Crippen molar-refractivity contribution in [1.82, 2.24) is 15.0 Å². The molecule has 1 aliphatic rings. The van der Waals surface area contributed by atoms with E-state index in [1.54, 1.807) is 11.3 Å². The number of ether oxygens (including phenoxy) is 1. The average molecular weight is 309 g/mol. The molecule has 1 fully saturated rings. The Labute approximate surface area is 125 Å². The van der Waals surface area contributed by atoms with Crippen LogP contribution in [0.4, 0.5) is 0 Å². The Morgan fingerprint density at radius 2 is 2.43 bits per heavy atom. The van der Waals surface area contributed by atoms with Crippen LogP contribution >= 0.6 is 11.3 Å². The lowest BCUT2D eigenvalue weighted by Gasteiger charge is -2.24. The van der Waals surface area contributed by atoms with E-state index in [0.717, 1.165) is 5.56 Å². The van der Waals surface area contributed by atoms with Crippen LogP contribution in [0.5, 0.6) is 0 Å². The van der Waals surface area contributed by atoms with E-state index in [-0.39, 0.29) is 12.6 Å². The summed E-state index contributed by atoms with van der Waals surface area (Å²) in [5.74, 6) is -0.338. The molecule has 2 aromatic heterocycles. The monoisotopic (exact) mass is 309 g/mol. The highest BCUT2D eigenvalue weighted by atomic mass is 32.1. The molecule has 1 saturated heterocycles. The van der Waals surface area contributed by atoms with Gasteiger partial charge in [-0.1, -0.05) is 5.16 Å². The van der Waals surface area contributed by atoms with Crippen molar-refractivity contribution in [2.45, 2.75) is 12.6 Å². The molecule has 0 aliphatic carbocycles. The summed E-state index contributed by atoms with van der Waals surface area (Å²) in [4.78, 5) is 17.4. The van der Waals surface area contributed by atoms with Crippen molar-refractivity contribution < 1.29 is 19.2 Å². The van der Waals surface area contributed by atoms with E-state index in [9.17, 15) is 9.90 Å². The van der Waals surface area contributed by atoms with E-state index < -0.39 is 11.9 Å². The topological polar surface area (TPSA) is 88.7 Å². The largest absolute Gasteiger partial charge is 0.481 e. The van der Waals surface area contributed by atoms with Crippen LogP contribution in [0, 0.1) is 5.92 Å². The fourth-order valence-corrected chi connectivity index (χ4v) is 3.01. The molecule has 21 heavy (non-hydrogen) atoms. The lowest BCUT2D eigenvalue weighted by atomic mass is 10.0. The zero-order valence-electron chi connectivity index (χ0n) is 11.4. The van der Waals surface area contributed by atoms with Crippen LogP contribution in [0.25, 0.3) is 11.4 Å². The molecule has 8 heteroatoms. The molecule has 0 bridgehead atoms. The maximum absolute atomic E-state index is 11.2. The van der Waals surface area contributed by atoms with Crippen LogP contribution in [0.2, 0.25) is 0 Å². The molecule has 0 aromatic carbocycles. The summed E-state index contributed by atoms with van der Waals surface area (Å²) in [5.41, 5.74) is 0.922. The van der Waals surface area contributed by atoms with Gasteiger partial charge in [-0.3, -0.25) is 9.69 Å². The van der Waals surface area contributed by atoms with E-state index in [2.05, 4.69) is 10.1 Å². The van der Waals surface area contributed by atoms with Gasteiger partial charge in [0.1, 0.15) is 0 Å². The van der Waals surface area contributed by atoms with Gasteiger partial charge in [0.25, 0.3) is 0 Å². The molecule has 0 radical (unpaired) electrons. The van der Waals surface area contributed by atoms with E-state index in [1.807, 2.05) is 28.8 Å². The number of hydrogen-bond donors (Lipinski definition) is 1. The Hall–Kier alpha value is -1.77. The third kappa shape index (κ3) is 2.97. The van der Waals surface area contributed by atoms with E-state index in [0.29, 0.717) is 24.9 Å². The van der Waals surface area contributed by atoms with E-state index in [1.165, 1.54) is 0 Å². The van der Waals surface area contributed by atoms with Crippen molar-refractivity contribution in [2.24, 2.45) is 5.92 Å². The molecule has 2 unspecified atom stereocenters. The highest BCUT2D eigenvalue weighted by Crippen LogP contribution is 2.22. The molecular weight excluding hydrogens is 294 g/mol. The van der Waals surface area contributed by atoms with Crippen molar-refractivity contribution in [3.05, 3.63) is 22.7 Å². The highest BCUT2D eigenvalue weighted by Gasteiger charge is 2.37. The highest BCUT2D eigenvalue weighted by molar-refractivity contribution is 7.08. The number of carbonyl (C=O) groups is 1. The van der Waals surface area contributed by atoms with Gasteiger partial charge >= 0.3 is 5.97 Å². The molecule has 112 valence electrons. The van der Waals surface area contributed by atoms with Gasteiger partial charge in [0.05, 0.1) is 25.7 Å². The molecule has 0 saturated carbocycles.